The molecule has 1 aromatic carbocycles. The molecule has 20 heavy (non-hydrogen) atoms. The molecular formula is C16H26N2O2. The minimum Gasteiger partial charge on any atom is -0.396 e. The fraction of sp³-hybridized carbons (Fsp3) is 0.562. The molecule has 0 bridgehead atoms. The van der Waals surface area contributed by atoms with Crippen molar-refractivity contribution < 1.29 is 9.90 Å². The third-order valence-corrected chi connectivity index (χ3v) is 3.18. The molecule has 0 aliphatic carbocycles. The van der Waals surface area contributed by atoms with Crippen LogP contribution < -0.4 is 0 Å². The lowest BCUT2D eigenvalue weighted by Crippen LogP contribution is -2.36. The molecule has 0 aliphatic rings. The van der Waals surface area contributed by atoms with Crippen LogP contribution >= 0.6 is 0 Å². The number of aliphatic hydroxyl groups is 1. The van der Waals surface area contributed by atoms with Crippen molar-refractivity contribution in [2.45, 2.75) is 25.8 Å². The molecule has 0 aliphatic heterocycles. The SMILES string of the molecule is CN(C)CCN(Cc1ccccc1)C(=O)CCCCO. The summed E-state index contributed by atoms with van der Waals surface area (Å²) in [6.07, 6.45) is 1.96. The predicted molar refractivity (Wildman–Crippen MR) is 81.3 cm³/mol. The topological polar surface area (TPSA) is 43.8 Å². The van der Waals surface area contributed by atoms with Gasteiger partial charge >= 0.3 is 0 Å². The van der Waals surface area contributed by atoms with E-state index in [0.717, 1.165) is 25.1 Å². The number of rotatable bonds is 9. The van der Waals surface area contributed by atoms with E-state index in [1.807, 2.05) is 49.3 Å². The number of carbonyl (C=O) groups excluding carboxylic acids is 1. The summed E-state index contributed by atoms with van der Waals surface area (Å²) in [5.41, 5.74) is 1.15. The van der Waals surface area contributed by atoms with E-state index in [9.17, 15) is 4.79 Å². The van der Waals surface area contributed by atoms with Crippen LogP contribution in [0, 0.1) is 0 Å². The van der Waals surface area contributed by atoms with E-state index < -0.39 is 0 Å². The molecule has 4 nitrogen and oxygen atoms in total. The molecule has 0 heterocycles. The van der Waals surface area contributed by atoms with Gasteiger partial charge in [0.1, 0.15) is 0 Å². The number of hydrogen-bond donors (Lipinski definition) is 1. The molecule has 0 radical (unpaired) electrons. The Morgan fingerprint density at radius 1 is 1.10 bits per heavy atom. The van der Waals surface area contributed by atoms with Crippen LogP contribution in [0.25, 0.3) is 0 Å². The van der Waals surface area contributed by atoms with E-state index in [1.165, 1.54) is 0 Å². The minimum absolute atomic E-state index is 0.156. The molecule has 0 spiro atoms. The number of hydrogen-bond acceptors (Lipinski definition) is 3. The Bertz CT molecular complexity index is 379. The van der Waals surface area contributed by atoms with Crippen molar-refractivity contribution in [3.63, 3.8) is 0 Å². The first-order chi connectivity index (χ1) is 9.63. The second-order valence-electron chi connectivity index (χ2n) is 5.28. The largest absolute Gasteiger partial charge is 0.396 e. The first-order valence-electron chi connectivity index (χ1n) is 7.20. The number of carbonyl (C=O) groups is 1. The van der Waals surface area contributed by atoms with Crippen molar-refractivity contribution in [3.05, 3.63) is 35.9 Å². The highest BCUT2D eigenvalue weighted by Crippen LogP contribution is 2.08. The number of unbranched alkanes of at least 4 members (excludes halogenated alkanes) is 1. The molecule has 1 N–H and O–H groups in total. The van der Waals surface area contributed by atoms with Gasteiger partial charge in [0, 0.05) is 32.7 Å². The fourth-order valence-corrected chi connectivity index (χ4v) is 1.96. The van der Waals surface area contributed by atoms with Crippen molar-refractivity contribution in [2.24, 2.45) is 0 Å². The summed E-state index contributed by atoms with van der Waals surface area (Å²) < 4.78 is 0. The van der Waals surface area contributed by atoms with Crippen LogP contribution in [0.3, 0.4) is 0 Å². The third-order valence-electron chi connectivity index (χ3n) is 3.18. The Kier molecular flexibility index (Phi) is 7.92. The minimum atomic E-state index is 0.156. The smallest absolute Gasteiger partial charge is 0.222 e. The summed E-state index contributed by atoms with van der Waals surface area (Å²) in [6.45, 7) is 2.41. The van der Waals surface area contributed by atoms with Gasteiger partial charge in [0.25, 0.3) is 0 Å². The zero-order valence-electron chi connectivity index (χ0n) is 12.6. The summed E-state index contributed by atoms with van der Waals surface area (Å²) in [7, 11) is 4.02. The van der Waals surface area contributed by atoms with Crippen molar-refractivity contribution in [1.29, 1.82) is 0 Å². The molecule has 4 heteroatoms. The van der Waals surface area contributed by atoms with Gasteiger partial charge in [-0.25, -0.2) is 0 Å². The normalized spacial score (nSPS) is 10.8. The number of amides is 1. The Hall–Kier alpha value is -1.39. The Labute approximate surface area is 122 Å². The summed E-state index contributed by atoms with van der Waals surface area (Å²) in [6, 6.07) is 10.1. The van der Waals surface area contributed by atoms with E-state index in [-0.39, 0.29) is 12.5 Å². The lowest BCUT2D eigenvalue weighted by molar-refractivity contribution is -0.132. The summed E-state index contributed by atoms with van der Waals surface area (Å²) in [5, 5.41) is 8.80. The number of benzene rings is 1. The molecule has 0 aromatic heterocycles. The average molecular weight is 278 g/mol. The molecule has 0 unspecified atom stereocenters. The highest BCUT2D eigenvalue weighted by molar-refractivity contribution is 5.76. The molecule has 0 saturated carbocycles. The molecule has 1 rings (SSSR count). The van der Waals surface area contributed by atoms with Crippen LogP contribution in [0.15, 0.2) is 30.3 Å². The second kappa shape index (κ2) is 9.50. The zero-order chi connectivity index (χ0) is 14.8. The van der Waals surface area contributed by atoms with Gasteiger partial charge in [-0.2, -0.15) is 0 Å². The van der Waals surface area contributed by atoms with Gasteiger partial charge < -0.3 is 14.9 Å². The van der Waals surface area contributed by atoms with Crippen LogP contribution in [-0.2, 0) is 11.3 Å². The summed E-state index contributed by atoms with van der Waals surface area (Å²) in [5.74, 6) is 0.171. The number of aliphatic hydroxyl groups excluding tert-OH is 1. The Balaban J connectivity index is 2.57. The Morgan fingerprint density at radius 3 is 2.40 bits per heavy atom. The predicted octanol–water partition coefficient (Wildman–Crippen LogP) is 1.74. The van der Waals surface area contributed by atoms with E-state index in [0.29, 0.717) is 19.4 Å². The molecule has 0 fully saturated rings. The molecule has 0 atom stereocenters. The highest BCUT2D eigenvalue weighted by atomic mass is 16.3. The lowest BCUT2D eigenvalue weighted by atomic mass is 10.2. The molecule has 1 amide bonds. The lowest BCUT2D eigenvalue weighted by Gasteiger charge is -2.24. The maximum absolute atomic E-state index is 12.3. The van der Waals surface area contributed by atoms with Gasteiger partial charge in [-0.3, -0.25) is 4.79 Å². The van der Waals surface area contributed by atoms with Crippen molar-refractivity contribution in [2.75, 3.05) is 33.8 Å². The van der Waals surface area contributed by atoms with Gasteiger partial charge in [-0.1, -0.05) is 30.3 Å². The Morgan fingerprint density at radius 2 is 1.80 bits per heavy atom. The average Bonchev–Trinajstić information content (AvgIpc) is 2.44. The molecule has 0 saturated heterocycles. The van der Waals surface area contributed by atoms with Gasteiger partial charge in [0.05, 0.1) is 0 Å². The van der Waals surface area contributed by atoms with E-state index >= 15 is 0 Å². The quantitative estimate of drug-likeness (QED) is 0.700. The van der Waals surface area contributed by atoms with Gasteiger partial charge in [-0.15, -0.1) is 0 Å². The molecular weight excluding hydrogens is 252 g/mol. The van der Waals surface area contributed by atoms with Crippen LogP contribution in [0.2, 0.25) is 0 Å². The second-order valence-corrected chi connectivity index (χ2v) is 5.28. The fourth-order valence-electron chi connectivity index (χ4n) is 1.96. The molecule has 112 valence electrons. The van der Waals surface area contributed by atoms with Crippen molar-refractivity contribution in [1.82, 2.24) is 9.80 Å². The summed E-state index contributed by atoms with van der Waals surface area (Å²) >= 11 is 0. The van der Waals surface area contributed by atoms with E-state index in [1.54, 1.807) is 0 Å². The zero-order valence-corrected chi connectivity index (χ0v) is 12.6. The monoisotopic (exact) mass is 278 g/mol. The van der Waals surface area contributed by atoms with Gasteiger partial charge in [0.15, 0.2) is 0 Å². The van der Waals surface area contributed by atoms with Crippen LogP contribution in [0.4, 0.5) is 0 Å². The van der Waals surface area contributed by atoms with Crippen molar-refractivity contribution in [3.8, 4) is 0 Å². The maximum Gasteiger partial charge on any atom is 0.222 e. The standard InChI is InChI=1S/C16H26N2O2/c1-17(2)11-12-18(16(20)10-6-7-13-19)14-15-8-4-3-5-9-15/h3-5,8-9,19H,6-7,10-14H2,1-2H3. The highest BCUT2D eigenvalue weighted by Gasteiger charge is 2.13. The summed E-state index contributed by atoms with van der Waals surface area (Å²) in [4.78, 5) is 16.3. The van der Waals surface area contributed by atoms with E-state index in [2.05, 4.69) is 4.90 Å². The van der Waals surface area contributed by atoms with Crippen LogP contribution in [0.5, 0.6) is 0 Å². The van der Waals surface area contributed by atoms with Crippen molar-refractivity contribution >= 4 is 5.91 Å². The van der Waals surface area contributed by atoms with Gasteiger partial charge in [-0.05, 0) is 32.5 Å². The van der Waals surface area contributed by atoms with Crippen LogP contribution in [0.1, 0.15) is 24.8 Å². The van der Waals surface area contributed by atoms with E-state index in [4.69, 9.17) is 5.11 Å². The maximum atomic E-state index is 12.3. The number of nitrogens with zero attached hydrogens (tertiary/aromatic N) is 2. The third kappa shape index (κ3) is 6.68. The van der Waals surface area contributed by atoms with Gasteiger partial charge in [0.2, 0.25) is 5.91 Å². The molecule has 1 aromatic rings. The first-order valence-corrected chi connectivity index (χ1v) is 7.20. The number of likely N-dealkylation sites (N-methyl/N-ethyl adjacent to an activating group) is 1. The van der Waals surface area contributed by atoms with Crippen LogP contribution in [-0.4, -0.2) is 54.6 Å². The first kappa shape index (κ1) is 16.7.